The summed E-state index contributed by atoms with van der Waals surface area (Å²) < 4.78 is 28.3. The van der Waals surface area contributed by atoms with Gasteiger partial charge in [0.1, 0.15) is 25.1 Å². The Bertz CT molecular complexity index is 1560. The summed E-state index contributed by atoms with van der Waals surface area (Å²) in [6.07, 6.45) is 7.48. The van der Waals surface area contributed by atoms with E-state index < -0.39 is 20.8 Å². The largest absolute Gasteiger partial charge is 0.444 e. The van der Waals surface area contributed by atoms with Gasteiger partial charge >= 0.3 is 6.09 Å². The number of amides is 1. The van der Waals surface area contributed by atoms with Crippen LogP contribution < -0.4 is 0 Å². The van der Waals surface area contributed by atoms with Crippen molar-refractivity contribution in [2.45, 2.75) is 83.6 Å². The van der Waals surface area contributed by atoms with Gasteiger partial charge in [0, 0.05) is 74.3 Å². The third-order valence-corrected chi connectivity index (χ3v) is 10.6. The number of aryl methyl sites for hydroxylation is 1. The predicted molar refractivity (Wildman–Crippen MR) is 172 cm³/mol. The highest BCUT2D eigenvalue weighted by Gasteiger charge is 2.47. The number of nitrogens with zero attached hydrogens (tertiary/aromatic N) is 5. The molecule has 0 unspecified atom stereocenters. The van der Waals surface area contributed by atoms with Crippen molar-refractivity contribution in [3.8, 4) is 11.3 Å². The molecule has 1 amide bonds. The monoisotopic (exact) mass is 611 g/mol. The molecular formula is C31H46N5O4PSi. The van der Waals surface area contributed by atoms with E-state index in [1.807, 2.05) is 48.7 Å². The van der Waals surface area contributed by atoms with Crippen LogP contribution in [0.25, 0.3) is 28.4 Å². The quantitative estimate of drug-likeness (QED) is 0.153. The molecule has 5 rings (SSSR count). The molecule has 1 fully saturated rings. The van der Waals surface area contributed by atoms with Crippen molar-refractivity contribution in [1.29, 1.82) is 0 Å². The van der Waals surface area contributed by atoms with Crippen LogP contribution in [0.1, 0.15) is 44.9 Å². The maximum absolute atomic E-state index is 12.8. The van der Waals surface area contributed by atoms with Gasteiger partial charge in [0.2, 0.25) is 0 Å². The Morgan fingerprint density at radius 3 is 2.60 bits per heavy atom. The van der Waals surface area contributed by atoms with Crippen LogP contribution in [0.2, 0.25) is 25.7 Å². The summed E-state index contributed by atoms with van der Waals surface area (Å²) >= 11 is 0. The second kappa shape index (κ2) is 11.1. The van der Waals surface area contributed by atoms with Crippen molar-refractivity contribution in [1.82, 2.24) is 24.2 Å². The standard InChI is InChI=1S/C31H46N5O4PSi/c1-30(2,3)40-29(37)34-12-10-31(21-34)11-13-36-27(31)18-26(33-36)24-17-25-23(9-15-41(4,5)38)20-35(28(25)32-19-24)22-39-14-16-42(6,7)8/h9,15,17-20H,10-14,16,21-22H2,1-8H3/b15-9+/t31-/m0/s1. The third kappa shape index (κ3) is 6.92. The van der Waals surface area contributed by atoms with E-state index in [9.17, 15) is 9.36 Å². The summed E-state index contributed by atoms with van der Waals surface area (Å²) in [6.45, 7) is 19.6. The number of fused-ring (bicyclic) bond motifs is 3. The van der Waals surface area contributed by atoms with Crippen molar-refractivity contribution >= 4 is 38.4 Å². The Balaban J connectivity index is 1.42. The molecule has 0 aromatic carbocycles. The van der Waals surface area contributed by atoms with E-state index in [1.165, 1.54) is 5.69 Å². The minimum absolute atomic E-state index is 0.104. The van der Waals surface area contributed by atoms with E-state index in [-0.39, 0.29) is 11.5 Å². The Morgan fingerprint density at radius 1 is 1.17 bits per heavy atom. The smallest absolute Gasteiger partial charge is 0.410 e. The molecule has 2 aliphatic heterocycles. The van der Waals surface area contributed by atoms with Gasteiger partial charge in [-0.05, 0) is 77.0 Å². The molecule has 3 aromatic rings. The molecule has 0 aliphatic carbocycles. The molecule has 1 saturated heterocycles. The molecule has 0 saturated carbocycles. The number of rotatable bonds is 8. The van der Waals surface area contributed by atoms with E-state index in [1.54, 1.807) is 19.1 Å². The van der Waals surface area contributed by atoms with Crippen molar-refractivity contribution < 1.29 is 18.8 Å². The van der Waals surface area contributed by atoms with Crippen LogP contribution in [0, 0.1) is 0 Å². The van der Waals surface area contributed by atoms with Crippen LogP contribution in [-0.2, 0) is 32.7 Å². The Kier molecular flexibility index (Phi) is 8.13. The molecule has 1 atom stereocenters. The van der Waals surface area contributed by atoms with Crippen molar-refractivity contribution in [3.63, 3.8) is 0 Å². The number of pyridine rings is 1. The number of hydrogen-bond acceptors (Lipinski definition) is 6. The highest BCUT2D eigenvalue weighted by molar-refractivity contribution is 7.65. The summed E-state index contributed by atoms with van der Waals surface area (Å²) in [6, 6.07) is 5.41. The summed E-state index contributed by atoms with van der Waals surface area (Å²) in [5.41, 5.74) is 4.17. The van der Waals surface area contributed by atoms with Gasteiger partial charge in [0.15, 0.2) is 0 Å². The maximum atomic E-state index is 12.8. The Morgan fingerprint density at radius 2 is 1.90 bits per heavy atom. The van der Waals surface area contributed by atoms with Gasteiger partial charge in [0.25, 0.3) is 0 Å². The zero-order chi connectivity index (χ0) is 30.5. The lowest BCUT2D eigenvalue weighted by Crippen LogP contribution is -2.37. The predicted octanol–water partition coefficient (Wildman–Crippen LogP) is 7.09. The topological polar surface area (TPSA) is 91.5 Å². The van der Waals surface area contributed by atoms with Crippen LogP contribution in [0.15, 0.2) is 30.3 Å². The number of likely N-dealkylation sites (tertiary alicyclic amines) is 1. The van der Waals surface area contributed by atoms with Gasteiger partial charge in [-0.25, -0.2) is 9.78 Å². The first-order valence-electron chi connectivity index (χ1n) is 14.9. The van der Waals surface area contributed by atoms with E-state index in [2.05, 4.69) is 36.5 Å². The number of carbonyl (C=O) groups is 1. The van der Waals surface area contributed by atoms with Crippen molar-refractivity contribution in [2.24, 2.45) is 0 Å². The average molecular weight is 612 g/mol. The fraction of sp³-hybridized carbons (Fsp3) is 0.581. The first kappa shape index (κ1) is 30.8. The number of aromatic nitrogens is 4. The van der Waals surface area contributed by atoms with E-state index >= 15 is 0 Å². The molecule has 42 heavy (non-hydrogen) atoms. The van der Waals surface area contributed by atoms with Gasteiger partial charge in [-0.2, -0.15) is 5.10 Å². The molecule has 0 N–H and O–H groups in total. The zero-order valence-corrected chi connectivity index (χ0v) is 28.3. The third-order valence-electron chi connectivity index (χ3n) is 8.01. The number of carbonyl (C=O) groups excluding carboxylic acids is 1. The van der Waals surface area contributed by atoms with Gasteiger partial charge in [-0.3, -0.25) is 4.68 Å². The average Bonchev–Trinajstić information content (AvgIpc) is 3.63. The normalized spacial score (nSPS) is 19.5. The number of hydrogen-bond donors (Lipinski definition) is 0. The minimum Gasteiger partial charge on any atom is -0.444 e. The highest BCUT2D eigenvalue weighted by Crippen LogP contribution is 2.44. The second-order valence-electron chi connectivity index (χ2n) is 14.6. The van der Waals surface area contributed by atoms with E-state index in [4.69, 9.17) is 19.6 Å². The molecule has 3 aromatic heterocycles. The van der Waals surface area contributed by atoms with Crippen LogP contribution in [0.5, 0.6) is 0 Å². The molecular weight excluding hydrogens is 565 g/mol. The molecule has 9 nitrogen and oxygen atoms in total. The summed E-state index contributed by atoms with van der Waals surface area (Å²) in [7, 11) is -3.53. The summed E-state index contributed by atoms with van der Waals surface area (Å²) in [4.78, 5) is 19.5. The summed E-state index contributed by atoms with van der Waals surface area (Å²) in [5, 5.41) is 5.95. The molecule has 2 aliphatic rings. The lowest BCUT2D eigenvalue weighted by atomic mass is 9.82. The van der Waals surface area contributed by atoms with Crippen LogP contribution in [0.3, 0.4) is 0 Å². The molecule has 11 heteroatoms. The Labute approximate surface area is 250 Å². The fourth-order valence-electron chi connectivity index (χ4n) is 5.74. The van der Waals surface area contributed by atoms with Gasteiger partial charge in [-0.1, -0.05) is 19.6 Å². The molecule has 0 radical (unpaired) electrons. The van der Waals surface area contributed by atoms with E-state index in [0.717, 1.165) is 59.9 Å². The second-order valence-corrected chi connectivity index (χ2v) is 23.4. The van der Waals surface area contributed by atoms with E-state index in [0.29, 0.717) is 19.8 Å². The molecule has 1 spiro atoms. The van der Waals surface area contributed by atoms with Crippen molar-refractivity contribution in [2.75, 3.05) is 33.0 Å². The maximum Gasteiger partial charge on any atom is 0.410 e. The van der Waals surface area contributed by atoms with Crippen LogP contribution in [0.4, 0.5) is 4.79 Å². The van der Waals surface area contributed by atoms with Gasteiger partial charge in [-0.15, -0.1) is 0 Å². The molecule has 228 valence electrons. The van der Waals surface area contributed by atoms with Crippen LogP contribution in [-0.4, -0.2) is 77.0 Å². The number of ether oxygens (including phenoxy) is 2. The Hall–Kier alpha value is -2.68. The first-order chi connectivity index (χ1) is 19.5. The van der Waals surface area contributed by atoms with Gasteiger partial charge < -0.3 is 23.5 Å². The molecule has 0 bridgehead atoms. The molecule has 5 heterocycles. The fourth-order valence-corrected chi connectivity index (χ4v) is 7.02. The first-order valence-corrected chi connectivity index (χ1v) is 21.3. The van der Waals surface area contributed by atoms with Gasteiger partial charge in [0.05, 0.1) is 5.69 Å². The van der Waals surface area contributed by atoms with Crippen LogP contribution >= 0.6 is 7.14 Å². The lowest BCUT2D eigenvalue weighted by Gasteiger charge is -2.26. The summed E-state index contributed by atoms with van der Waals surface area (Å²) in [5.74, 6) is 1.80. The van der Waals surface area contributed by atoms with Crippen molar-refractivity contribution in [3.05, 3.63) is 41.6 Å². The highest BCUT2D eigenvalue weighted by atomic mass is 31.2. The minimum atomic E-state index is -2.34. The zero-order valence-electron chi connectivity index (χ0n) is 26.4. The SMILES string of the molecule is CC(C)(C)OC(=O)N1CC[C@]2(CCn3nc(-c4cnc5c(c4)c(/C=C/P(C)(C)=O)cn5COCC[Si](C)(C)C)cc32)C1. The lowest BCUT2D eigenvalue weighted by molar-refractivity contribution is 0.0284.